The van der Waals surface area contributed by atoms with Crippen molar-refractivity contribution in [1.82, 2.24) is 9.97 Å². The summed E-state index contributed by atoms with van der Waals surface area (Å²) >= 11 is 0. The van der Waals surface area contributed by atoms with Crippen molar-refractivity contribution in [2.75, 3.05) is 48.9 Å². The third kappa shape index (κ3) is 5.92. The molecule has 0 bridgehead atoms. The molecule has 8 nitrogen and oxygen atoms in total. The van der Waals surface area contributed by atoms with Gasteiger partial charge in [-0.3, -0.25) is 4.79 Å². The number of carbonyl (C=O) groups is 1. The third-order valence-electron chi connectivity index (χ3n) is 5.44. The number of aromatic nitrogens is 2. The van der Waals surface area contributed by atoms with Gasteiger partial charge in [0.1, 0.15) is 11.3 Å². The van der Waals surface area contributed by atoms with Crippen LogP contribution in [0.2, 0.25) is 0 Å². The van der Waals surface area contributed by atoms with Gasteiger partial charge in [-0.25, -0.2) is 9.97 Å². The number of alkyl halides is 3. The zero-order valence-electron chi connectivity index (χ0n) is 19.4. The lowest BCUT2D eigenvalue weighted by Gasteiger charge is -2.29. The maximum atomic E-state index is 13.9. The second-order valence-corrected chi connectivity index (χ2v) is 7.87. The molecule has 0 saturated carbocycles. The Morgan fingerprint density at radius 1 is 1.17 bits per heavy atom. The van der Waals surface area contributed by atoms with E-state index in [1.54, 1.807) is 6.07 Å². The molecule has 188 valence electrons. The predicted molar refractivity (Wildman–Crippen MR) is 131 cm³/mol. The van der Waals surface area contributed by atoms with E-state index in [1.807, 2.05) is 18.2 Å². The smallest absolute Gasteiger partial charge is 0.419 e. The summed E-state index contributed by atoms with van der Waals surface area (Å²) in [5.41, 5.74) is 0.504. The Morgan fingerprint density at radius 3 is 2.64 bits per heavy atom. The lowest BCUT2D eigenvalue weighted by molar-refractivity contribution is -0.137. The van der Waals surface area contributed by atoms with Crippen molar-refractivity contribution < 1.29 is 27.4 Å². The van der Waals surface area contributed by atoms with Crippen molar-refractivity contribution in [2.45, 2.75) is 6.18 Å². The molecule has 1 aliphatic rings. The number of nitrogens with zero attached hydrogens (tertiary/aromatic N) is 3. The number of hydrogen-bond acceptors (Lipinski definition) is 7. The van der Waals surface area contributed by atoms with Crippen LogP contribution >= 0.6 is 0 Å². The summed E-state index contributed by atoms with van der Waals surface area (Å²) in [5.74, 6) is -0.293. The van der Waals surface area contributed by atoms with Crippen molar-refractivity contribution in [1.29, 1.82) is 0 Å². The minimum Gasteiger partial charge on any atom is -0.497 e. The Bertz CT molecular complexity index is 1260. The van der Waals surface area contributed by atoms with Gasteiger partial charge >= 0.3 is 6.18 Å². The molecule has 2 N–H and O–H groups in total. The largest absolute Gasteiger partial charge is 0.497 e. The SMILES string of the molecule is C=CC(=O)Nc1cc(OC)cc(-c2nc(Nc3cccc(N4CCOCC4)c3)ncc2C(F)(F)F)c1. The number of carbonyl (C=O) groups excluding carboxylic acids is 1. The summed E-state index contributed by atoms with van der Waals surface area (Å²) in [5, 5.41) is 5.53. The quantitative estimate of drug-likeness (QED) is 0.448. The molecule has 1 fully saturated rings. The Balaban J connectivity index is 1.71. The molecule has 1 aliphatic heterocycles. The molecular formula is C25H24F3N5O3. The summed E-state index contributed by atoms with van der Waals surface area (Å²) < 4.78 is 52.2. The molecule has 1 amide bonds. The molecule has 11 heteroatoms. The zero-order valence-corrected chi connectivity index (χ0v) is 19.4. The fourth-order valence-electron chi connectivity index (χ4n) is 3.72. The number of benzene rings is 2. The summed E-state index contributed by atoms with van der Waals surface area (Å²) in [6.07, 6.45) is -2.92. The van der Waals surface area contributed by atoms with Gasteiger partial charge in [-0.2, -0.15) is 13.2 Å². The fraction of sp³-hybridized carbons (Fsp3) is 0.240. The van der Waals surface area contributed by atoms with Gasteiger partial charge < -0.3 is 25.0 Å². The van der Waals surface area contributed by atoms with Gasteiger partial charge in [0.2, 0.25) is 11.9 Å². The highest BCUT2D eigenvalue weighted by atomic mass is 19.4. The topological polar surface area (TPSA) is 88.6 Å². The van der Waals surface area contributed by atoms with Crippen LogP contribution in [0.15, 0.2) is 61.3 Å². The normalized spacial score (nSPS) is 13.7. The van der Waals surface area contributed by atoms with Crippen LogP contribution in [0.25, 0.3) is 11.3 Å². The Hall–Kier alpha value is -4.12. The van der Waals surface area contributed by atoms with Crippen molar-refractivity contribution in [3.05, 3.63) is 66.9 Å². The Kier molecular flexibility index (Phi) is 7.39. The lowest BCUT2D eigenvalue weighted by atomic mass is 10.1. The highest BCUT2D eigenvalue weighted by molar-refractivity contribution is 5.99. The third-order valence-corrected chi connectivity index (χ3v) is 5.44. The number of rotatable bonds is 7. The molecule has 0 spiro atoms. The summed E-state index contributed by atoms with van der Waals surface area (Å²) in [6.45, 7) is 6.11. The second-order valence-electron chi connectivity index (χ2n) is 7.87. The highest BCUT2D eigenvalue weighted by Crippen LogP contribution is 2.38. The van der Waals surface area contributed by atoms with Crippen molar-refractivity contribution in [2.24, 2.45) is 0 Å². The summed E-state index contributed by atoms with van der Waals surface area (Å²) in [6, 6.07) is 11.7. The monoisotopic (exact) mass is 499 g/mol. The molecule has 0 aliphatic carbocycles. The summed E-state index contributed by atoms with van der Waals surface area (Å²) in [7, 11) is 1.37. The maximum absolute atomic E-state index is 13.9. The molecular weight excluding hydrogens is 475 g/mol. The molecule has 1 saturated heterocycles. The first-order valence-corrected chi connectivity index (χ1v) is 11.0. The highest BCUT2D eigenvalue weighted by Gasteiger charge is 2.35. The van der Waals surface area contributed by atoms with E-state index in [1.165, 1.54) is 25.3 Å². The number of ether oxygens (including phenoxy) is 2. The van der Waals surface area contributed by atoms with Crippen molar-refractivity contribution in [3.63, 3.8) is 0 Å². The molecule has 1 aromatic heterocycles. The van der Waals surface area contributed by atoms with Crippen LogP contribution < -0.4 is 20.3 Å². The van der Waals surface area contributed by atoms with Gasteiger partial charge in [-0.05, 0) is 36.4 Å². The minimum atomic E-state index is -4.71. The van der Waals surface area contributed by atoms with Gasteiger partial charge in [0, 0.05) is 48.0 Å². The molecule has 36 heavy (non-hydrogen) atoms. The van der Waals surface area contributed by atoms with Gasteiger partial charge in [-0.1, -0.05) is 12.6 Å². The van der Waals surface area contributed by atoms with Gasteiger partial charge in [0.15, 0.2) is 0 Å². The van der Waals surface area contributed by atoms with Crippen molar-refractivity contribution >= 4 is 28.9 Å². The number of amides is 1. The molecule has 3 aromatic rings. The maximum Gasteiger partial charge on any atom is 0.419 e. The van der Waals surface area contributed by atoms with E-state index < -0.39 is 17.6 Å². The number of morpholine rings is 1. The molecule has 2 heterocycles. The van der Waals surface area contributed by atoms with E-state index in [-0.39, 0.29) is 28.6 Å². The number of halogens is 3. The molecule has 0 unspecified atom stereocenters. The average Bonchev–Trinajstić information content (AvgIpc) is 2.88. The van der Waals surface area contributed by atoms with Crippen LogP contribution in [0.3, 0.4) is 0 Å². The van der Waals surface area contributed by atoms with Crippen LogP contribution in [0, 0.1) is 0 Å². The molecule has 2 aromatic carbocycles. The second kappa shape index (κ2) is 10.6. The van der Waals surface area contributed by atoms with Crippen LogP contribution in [-0.4, -0.2) is 49.3 Å². The lowest BCUT2D eigenvalue weighted by Crippen LogP contribution is -2.36. The predicted octanol–water partition coefficient (Wildman–Crippen LogP) is 4.88. The first kappa shape index (κ1) is 25.0. The number of methoxy groups -OCH3 is 1. The van der Waals surface area contributed by atoms with E-state index in [9.17, 15) is 18.0 Å². The number of nitrogens with one attached hydrogen (secondary N) is 2. The van der Waals surface area contributed by atoms with E-state index in [4.69, 9.17) is 9.47 Å². The molecule has 0 radical (unpaired) electrons. The first-order valence-electron chi connectivity index (χ1n) is 11.0. The number of hydrogen-bond donors (Lipinski definition) is 2. The Labute approximate surface area is 205 Å². The summed E-state index contributed by atoms with van der Waals surface area (Å²) in [4.78, 5) is 22.0. The fourth-order valence-corrected chi connectivity index (χ4v) is 3.72. The van der Waals surface area contributed by atoms with E-state index >= 15 is 0 Å². The van der Waals surface area contributed by atoms with Crippen molar-refractivity contribution in [3.8, 4) is 17.0 Å². The van der Waals surface area contributed by atoms with Crippen LogP contribution in [0.1, 0.15) is 5.56 Å². The molecule has 0 atom stereocenters. The van der Waals surface area contributed by atoms with Crippen LogP contribution in [0.4, 0.5) is 36.2 Å². The van der Waals surface area contributed by atoms with Crippen LogP contribution in [-0.2, 0) is 15.7 Å². The Morgan fingerprint density at radius 2 is 1.94 bits per heavy atom. The van der Waals surface area contributed by atoms with E-state index in [0.29, 0.717) is 18.9 Å². The van der Waals surface area contributed by atoms with E-state index in [0.717, 1.165) is 31.0 Å². The standard InChI is InChI=1S/C25H24F3N5O3/c1-3-22(34)30-18-11-16(12-20(14-18)35-2)23-21(25(26,27)28)15-29-24(32-23)31-17-5-4-6-19(13-17)33-7-9-36-10-8-33/h3-6,11-15H,1,7-10H2,2H3,(H,30,34)(H,29,31,32). The number of anilines is 4. The minimum absolute atomic E-state index is 0.0170. The van der Waals surface area contributed by atoms with Crippen LogP contribution in [0.5, 0.6) is 5.75 Å². The van der Waals surface area contributed by atoms with E-state index in [2.05, 4.69) is 32.1 Å². The first-order chi connectivity index (χ1) is 17.3. The zero-order chi connectivity index (χ0) is 25.7. The van der Waals surface area contributed by atoms with Gasteiger partial charge in [0.05, 0.1) is 26.0 Å². The van der Waals surface area contributed by atoms with Gasteiger partial charge in [-0.15, -0.1) is 0 Å². The molecule has 4 rings (SSSR count). The average molecular weight is 499 g/mol. The van der Waals surface area contributed by atoms with Gasteiger partial charge in [0.25, 0.3) is 0 Å².